The zero-order valence-corrected chi connectivity index (χ0v) is 13.7. The highest BCUT2D eigenvalue weighted by molar-refractivity contribution is 7.98. The van der Waals surface area contributed by atoms with E-state index in [4.69, 9.17) is 4.42 Å². The molecule has 3 aromatic rings. The number of rotatable bonds is 5. The third-order valence-corrected chi connectivity index (χ3v) is 4.26. The molecule has 2 heterocycles. The maximum Gasteiger partial charge on any atom is 0.325 e. The molecule has 0 spiro atoms. The predicted octanol–water partition coefficient (Wildman–Crippen LogP) is 1.92. The molecule has 2 aromatic heterocycles. The van der Waals surface area contributed by atoms with Crippen LogP contribution in [-0.2, 0) is 12.2 Å². The van der Waals surface area contributed by atoms with E-state index in [9.17, 15) is 18.4 Å². The maximum absolute atomic E-state index is 13.6. The van der Waals surface area contributed by atoms with Gasteiger partial charge in [0, 0.05) is 22.6 Å². The molecule has 0 aliphatic rings. The van der Waals surface area contributed by atoms with E-state index < -0.39 is 22.9 Å². The fraction of sp³-hybridized carbons (Fsp3) is 0.200. The third kappa shape index (κ3) is 4.02. The van der Waals surface area contributed by atoms with E-state index >= 15 is 0 Å². The lowest BCUT2D eigenvalue weighted by atomic mass is 10.2. The summed E-state index contributed by atoms with van der Waals surface area (Å²) in [6, 6.07) is 3.19. The minimum absolute atomic E-state index is 0.0415. The van der Waals surface area contributed by atoms with Gasteiger partial charge >= 0.3 is 5.69 Å². The molecule has 0 fully saturated rings. The molecule has 0 aliphatic carbocycles. The maximum atomic E-state index is 13.6. The summed E-state index contributed by atoms with van der Waals surface area (Å²) in [4.78, 5) is 27.6. The predicted molar refractivity (Wildman–Crippen MR) is 85.4 cm³/mol. The second-order valence-electron chi connectivity index (χ2n) is 5.17. The Morgan fingerprint density at radius 3 is 2.76 bits per heavy atom. The van der Waals surface area contributed by atoms with Crippen LogP contribution in [0, 0.1) is 18.6 Å². The van der Waals surface area contributed by atoms with E-state index in [2.05, 4.69) is 20.2 Å². The Balaban J connectivity index is 1.72. The minimum atomic E-state index is -0.592. The van der Waals surface area contributed by atoms with Crippen molar-refractivity contribution in [1.82, 2.24) is 20.2 Å². The Bertz CT molecular complexity index is 1030. The zero-order chi connectivity index (χ0) is 18.0. The number of benzene rings is 1. The molecule has 10 heteroatoms. The molecule has 0 saturated heterocycles. The fourth-order valence-corrected chi connectivity index (χ4v) is 2.91. The van der Waals surface area contributed by atoms with Crippen LogP contribution < -0.4 is 11.2 Å². The van der Waals surface area contributed by atoms with E-state index in [1.54, 1.807) is 6.92 Å². The number of hydrogen-bond acceptors (Lipinski definition) is 6. The summed E-state index contributed by atoms with van der Waals surface area (Å²) in [7, 11) is 0. The number of nitrogens with one attached hydrogen (secondary N) is 2. The molecule has 0 atom stereocenters. The van der Waals surface area contributed by atoms with Gasteiger partial charge in [0.25, 0.3) is 10.8 Å². The average molecular weight is 366 g/mol. The van der Waals surface area contributed by atoms with Crippen molar-refractivity contribution >= 4 is 11.8 Å². The lowest BCUT2D eigenvalue weighted by Crippen LogP contribution is -2.27. The van der Waals surface area contributed by atoms with Crippen molar-refractivity contribution in [3.8, 4) is 0 Å². The van der Waals surface area contributed by atoms with Crippen LogP contribution in [0.4, 0.5) is 8.78 Å². The molecule has 0 aliphatic heterocycles. The first-order valence-corrected chi connectivity index (χ1v) is 8.12. The van der Waals surface area contributed by atoms with E-state index in [0.29, 0.717) is 11.3 Å². The van der Waals surface area contributed by atoms with E-state index in [0.717, 1.165) is 30.0 Å². The molecule has 130 valence electrons. The first kappa shape index (κ1) is 17.1. The monoisotopic (exact) mass is 366 g/mol. The highest BCUT2D eigenvalue weighted by Crippen LogP contribution is 2.24. The lowest BCUT2D eigenvalue weighted by Gasteiger charge is -2.01. The molecule has 3 rings (SSSR count). The number of aromatic amines is 2. The summed E-state index contributed by atoms with van der Waals surface area (Å²) in [5, 5.41) is 7.78. The molecule has 0 radical (unpaired) electrons. The highest BCUT2D eigenvalue weighted by Gasteiger charge is 2.14. The van der Waals surface area contributed by atoms with E-state index in [-0.39, 0.29) is 28.9 Å². The number of thioether (sulfide) groups is 1. The van der Waals surface area contributed by atoms with E-state index in [1.807, 2.05) is 0 Å². The molecule has 0 saturated carbocycles. The van der Waals surface area contributed by atoms with Gasteiger partial charge in [-0.1, -0.05) is 11.8 Å². The van der Waals surface area contributed by atoms with Crippen molar-refractivity contribution in [2.24, 2.45) is 0 Å². The van der Waals surface area contributed by atoms with Gasteiger partial charge in [-0.25, -0.2) is 13.6 Å². The zero-order valence-electron chi connectivity index (χ0n) is 12.9. The highest BCUT2D eigenvalue weighted by atomic mass is 32.2. The molecule has 7 nitrogen and oxygen atoms in total. The third-order valence-electron chi connectivity index (χ3n) is 3.39. The van der Waals surface area contributed by atoms with Gasteiger partial charge in [0.05, 0.1) is 6.42 Å². The Morgan fingerprint density at radius 1 is 1.20 bits per heavy atom. The van der Waals surface area contributed by atoms with Crippen molar-refractivity contribution in [1.29, 1.82) is 0 Å². The van der Waals surface area contributed by atoms with Gasteiger partial charge in [0.15, 0.2) is 0 Å². The summed E-state index contributed by atoms with van der Waals surface area (Å²) < 4.78 is 32.1. The van der Waals surface area contributed by atoms with Crippen LogP contribution in [0.3, 0.4) is 0 Å². The van der Waals surface area contributed by atoms with Gasteiger partial charge in [-0.2, -0.15) is 0 Å². The first-order valence-electron chi connectivity index (χ1n) is 7.13. The fourth-order valence-electron chi connectivity index (χ4n) is 2.15. The summed E-state index contributed by atoms with van der Waals surface area (Å²) >= 11 is 1.05. The Kier molecular flexibility index (Phi) is 4.79. The van der Waals surface area contributed by atoms with Crippen LogP contribution in [-0.4, -0.2) is 20.2 Å². The van der Waals surface area contributed by atoms with Crippen LogP contribution in [0.25, 0.3) is 0 Å². The van der Waals surface area contributed by atoms with Crippen LogP contribution in [0.2, 0.25) is 0 Å². The standard InChI is InChI=1S/C15H12F2N4O3S/c1-7-10(13(22)19-14(23)18-7)5-12-20-21-15(24-12)25-6-8-4-9(16)2-3-11(8)17/h2-4H,5-6H2,1H3,(H2,18,19,22,23). The van der Waals surface area contributed by atoms with Crippen molar-refractivity contribution in [2.75, 3.05) is 0 Å². The quantitative estimate of drug-likeness (QED) is 0.669. The van der Waals surface area contributed by atoms with Crippen molar-refractivity contribution in [2.45, 2.75) is 24.3 Å². The average Bonchev–Trinajstić information content (AvgIpc) is 2.99. The first-order chi connectivity index (χ1) is 11.9. The van der Waals surface area contributed by atoms with Gasteiger partial charge < -0.3 is 9.40 Å². The second kappa shape index (κ2) is 7.01. The van der Waals surface area contributed by atoms with Crippen LogP contribution in [0.5, 0.6) is 0 Å². The SMILES string of the molecule is Cc1[nH]c(=O)[nH]c(=O)c1Cc1nnc(SCc2cc(F)ccc2F)o1. The number of halogens is 2. The van der Waals surface area contributed by atoms with Gasteiger partial charge in [0.2, 0.25) is 5.89 Å². The number of H-pyrrole nitrogens is 2. The lowest BCUT2D eigenvalue weighted by molar-refractivity contribution is 0.419. The Labute approximate surface area is 143 Å². The smallest absolute Gasteiger partial charge is 0.325 e. The number of hydrogen-bond donors (Lipinski definition) is 2. The molecular weight excluding hydrogens is 354 g/mol. The summed E-state index contributed by atoms with van der Waals surface area (Å²) in [6.07, 6.45) is 0.0415. The van der Waals surface area contributed by atoms with Crippen molar-refractivity contribution in [3.63, 3.8) is 0 Å². The van der Waals surface area contributed by atoms with Gasteiger partial charge in [-0.15, -0.1) is 10.2 Å². The van der Waals surface area contributed by atoms with Crippen LogP contribution in [0.1, 0.15) is 22.7 Å². The molecule has 0 bridgehead atoms. The van der Waals surface area contributed by atoms with Gasteiger partial charge in [-0.3, -0.25) is 9.78 Å². The second-order valence-corrected chi connectivity index (χ2v) is 6.10. The molecule has 1 aromatic carbocycles. The molecular formula is C15H12F2N4O3S. The molecule has 25 heavy (non-hydrogen) atoms. The van der Waals surface area contributed by atoms with Crippen molar-refractivity contribution < 1.29 is 13.2 Å². The normalized spacial score (nSPS) is 11.0. The Hall–Kier alpha value is -2.75. The summed E-state index contributed by atoms with van der Waals surface area (Å²) in [5.41, 5.74) is -0.239. The molecule has 0 amide bonds. The molecule has 2 N–H and O–H groups in total. The summed E-state index contributed by atoms with van der Waals surface area (Å²) in [6.45, 7) is 1.59. The van der Waals surface area contributed by atoms with Gasteiger partial charge in [0.1, 0.15) is 11.6 Å². The number of nitrogens with zero attached hydrogens (tertiary/aromatic N) is 2. The van der Waals surface area contributed by atoms with Crippen LogP contribution >= 0.6 is 11.8 Å². The number of aromatic nitrogens is 4. The summed E-state index contributed by atoms with van der Waals surface area (Å²) in [5.74, 6) is -0.772. The van der Waals surface area contributed by atoms with Gasteiger partial charge in [-0.05, 0) is 25.1 Å². The number of aryl methyl sites for hydroxylation is 1. The van der Waals surface area contributed by atoms with Crippen molar-refractivity contribution in [3.05, 3.63) is 73.4 Å². The van der Waals surface area contributed by atoms with Crippen LogP contribution in [0.15, 0.2) is 37.4 Å². The van der Waals surface area contributed by atoms with E-state index in [1.165, 1.54) is 0 Å². The topological polar surface area (TPSA) is 105 Å². The minimum Gasteiger partial charge on any atom is -0.416 e. The Morgan fingerprint density at radius 2 is 2.00 bits per heavy atom. The largest absolute Gasteiger partial charge is 0.416 e. The molecule has 0 unspecified atom stereocenters.